The third-order valence-electron chi connectivity index (χ3n) is 11.9. The summed E-state index contributed by atoms with van der Waals surface area (Å²) in [6.07, 6.45) is 0. The van der Waals surface area contributed by atoms with Crippen molar-refractivity contribution in [2.24, 2.45) is 9.98 Å². The normalized spacial score (nSPS) is 17.8. The summed E-state index contributed by atoms with van der Waals surface area (Å²) in [5.74, 6) is 2.03. The van der Waals surface area contributed by atoms with Gasteiger partial charge < -0.3 is 0 Å². The fourth-order valence-electron chi connectivity index (χ4n) is 9.46. The van der Waals surface area contributed by atoms with Crippen LogP contribution in [0, 0.1) is 0 Å². The van der Waals surface area contributed by atoms with E-state index in [1.165, 1.54) is 88.7 Å². The predicted octanol–water partition coefficient (Wildman–Crippen LogP) is 13.1. The fourth-order valence-corrected chi connectivity index (χ4v) is 11.8. The summed E-state index contributed by atoms with van der Waals surface area (Å²) < 4.78 is 0. The lowest BCUT2D eigenvalue weighted by atomic mass is 9.69. The van der Waals surface area contributed by atoms with E-state index in [1.807, 2.05) is 23.5 Å². The van der Waals surface area contributed by atoms with Crippen molar-refractivity contribution in [3.63, 3.8) is 0 Å². The number of rotatable bonds is 4. The molecule has 0 fully saturated rings. The standard InChI is InChI=1S/C51H40N2S2/c1-49(2)29-54-47(52-49)36-13-9-11-31(26-36)33-19-22-38-35(25-33)21-24-42-41-23-20-34(32-12-10-14-37(27-32)48-53-50(3,4)30-55-48)28-45(41)51(46(38)42)43-17-7-5-15-39(43)40-16-6-8-18-44(40)51/h5-28H,29-30H2,1-4H3. The number of thioether (sulfide) groups is 2. The lowest BCUT2D eigenvalue weighted by molar-refractivity contribution is 0.605. The van der Waals surface area contributed by atoms with E-state index in [0.717, 1.165) is 21.6 Å². The molecular formula is C51H40N2S2. The highest BCUT2D eigenvalue weighted by Gasteiger charge is 2.52. The number of hydrogen-bond donors (Lipinski definition) is 0. The first-order chi connectivity index (χ1) is 26.7. The molecule has 7 aromatic rings. The average molecular weight is 745 g/mol. The summed E-state index contributed by atoms with van der Waals surface area (Å²) in [5, 5.41) is 4.85. The minimum atomic E-state index is -0.452. The van der Waals surface area contributed by atoms with Crippen LogP contribution in [0.15, 0.2) is 156 Å². The molecule has 1 spiro atoms. The molecule has 55 heavy (non-hydrogen) atoms. The van der Waals surface area contributed by atoms with Gasteiger partial charge in [0.25, 0.3) is 0 Å². The van der Waals surface area contributed by atoms with Gasteiger partial charge in [-0.3, -0.25) is 9.98 Å². The van der Waals surface area contributed by atoms with Crippen molar-refractivity contribution in [1.29, 1.82) is 0 Å². The Morgan fingerprint density at radius 3 is 1.49 bits per heavy atom. The monoisotopic (exact) mass is 744 g/mol. The van der Waals surface area contributed by atoms with Crippen LogP contribution >= 0.6 is 23.5 Å². The fraction of sp³-hybridized carbons (Fsp3) is 0.176. The molecule has 4 aliphatic rings. The number of hydrogen-bond acceptors (Lipinski definition) is 4. The Balaban J connectivity index is 1.11. The van der Waals surface area contributed by atoms with Crippen LogP contribution in [0.4, 0.5) is 0 Å². The van der Waals surface area contributed by atoms with Crippen LogP contribution in [-0.4, -0.2) is 32.7 Å². The molecule has 2 nitrogen and oxygen atoms in total. The first-order valence-corrected chi connectivity index (χ1v) is 21.2. The molecule has 7 aromatic carbocycles. The summed E-state index contributed by atoms with van der Waals surface area (Å²) in [7, 11) is 0. The second-order valence-electron chi connectivity index (χ2n) is 16.7. The maximum atomic E-state index is 5.07. The first kappa shape index (κ1) is 33.2. The van der Waals surface area contributed by atoms with Crippen LogP contribution < -0.4 is 0 Å². The highest BCUT2D eigenvalue weighted by molar-refractivity contribution is 8.15. The maximum absolute atomic E-state index is 5.07. The van der Waals surface area contributed by atoms with Crippen LogP contribution in [0.25, 0.3) is 55.3 Å². The van der Waals surface area contributed by atoms with Crippen molar-refractivity contribution >= 4 is 44.4 Å². The van der Waals surface area contributed by atoms with Crippen molar-refractivity contribution in [2.75, 3.05) is 11.5 Å². The number of nitrogens with zero attached hydrogens (tertiary/aromatic N) is 2. The van der Waals surface area contributed by atoms with E-state index in [0.29, 0.717) is 0 Å². The van der Waals surface area contributed by atoms with Crippen molar-refractivity contribution < 1.29 is 0 Å². The Morgan fingerprint density at radius 1 is 0.418 bits per heavy atom. The minimum absolute atomic E-state index is 0.0174. The van der Waals surface area contributed by atoms with Gasteiger partial charge in [0.05, 0.1) is 26.6 Å². The van der Waals surface area contributed by atoms with Gasteiger partial charge in [0.2, 0.25) is 0 Å². The molecule has 11 rings (SSSR count). The van der Waals surface area contributed by atoms with Gasteiger partial charge in [-0.15, -0.1) is 23.5 Å². The SMILES string of the molecule is CC1(C)CSC(c2cccc(-c3ccc4c(c3)C3(c5ccccc5-c5ccccc53)c3c-4ccc4cc(-c5cccc(C6=NC(C)(C)CS6)c5)ccc34)c2)=N1. The highest BCUT2D eigenvalue weighted by Crippen LogP contribution is 2.64. The molecule has 2 heterocycles. The third-order valence-corrected chi connectivity index (χ3v) is 14.8. The predicted molar refractivity (Wildman–Crippen MR) is 237 cm³/mol. The average Bonchev–Trinajstić information content (AvgIpc) is 3.94. The Morgan fingerprint density at radius 2 is 0.909 bits per heavy atom. The van der Waals surface area contributed by atoms with Crippen LogP contribution in [0.5, 0.6) is 0 Å². The summed E-state index contributed by atoms with van der Waals surface area (Å²) in [5.41, 5.74) is 17.6. The van der Waals surface area contributed by atoms with Gasteiger partial charge in [0.15, 0.2) is 0 Å². The van der Waals surface area contributed by atoms with E-state index >= 15 is 0 Å². The Kier molecular flexibility index (Phi) is 7.20. The molecule has 266 valence electrons. The zero-order valence-corrected chi connectivity index (χ0v) is 33.1. The number of aliphatic imine (C=N–C) groups is 2. The van der Waals surface area contributed by atoms with Gasteiger partial charge in [-0.2, -0.15) is 0 Å². The van der Waals surface area contributed by atoms with Crippen molar-refractivity contribution in [3.05, 3.63) is 179 Å². The quantitative estimate of drug-likeness (QED) is 0.179. The van der Waals surface area contributed by atoms with E-state index in [2.05, 4.69) is 173 Å². The van der Waals surface area contributed by atoms with Crippen LogP contribution in [0.3, 0.4) is 0 Å². The summed E-state index contributed by atoms with van der Waals surface area (Å²) in [6, 6.07) is 55.2. The van der Waals surface area contributed by atoms with Crippen molar-refractivity contribution in [2.45, 2.75) is 44.2 Å². The maximum Gasteiger partial charge on any atom is 0.0984 e. The second-order valence-corrected chi connectivity index (χ2v) is 18.7. The second kappa shape index (κ2) is 11.9. The van der Waals surface area contributed by atoms with Gasteiger partial charge >= 0.3 is 0 Å². The largest absolute Gasteiger partial charge is 0.271 e. The van der Waals surface area contributed by atoms with Crippen molar-refractivity contribution in [1.82, 2.24) is 0 Å². The lowest BCUT2D eigenvalue weighted by Crippen LogP contribution is -2.26. The van der Waals surface area contributed by atoms with Crippen LogP contribution in [-0.2, 0) is 5.41 Å². The highest BCUT2D eigenvalue weighted by atomic mass is 32.2. The Labute approximate surface area is 331 Å². The summed E-state index contributed by atoms with van der Waals surface area (Å²) >= 11 is 3.73. The van der Waals surface area contributed by atoms with Crippen LogP contribution in [0.2, 0.25) is 0 Å². The molecule has 0 saturated heterocycles. The van der Waals surface area contributed by atoms with Gasteiger partial charge in [-0.05, 0) is 129 Å². The van der Waals surface area contributed by atoms with E-state index in [-0.39, 0.29) is 11.1 Å². The van der Waals surface area contributed by atoms with E-state index in [4.69, 9.17) is 9.98 Å². The van der Waals surface area contributed by atoms with Gasteiger partial charge in [0.1, 0.15) is 0 Å². The van der Waals surface area contributed by atoms with E-state index in [9.17, 15) is 0 Å². The molecule has 0 atom stereocenters. The molecule has 0 amide bonds. The molecule has 0 bridgehead atoms. The first-order valence-electron chi connectivity index (χ1n) is 19.3. The smallest absolute Gasteiger partial charge is 0.0984 e. The molecule has 4 heteroatoms. The molecule has 2 aliphatic carbocycles. The van der Waals surface area contributed by atoms with Crippen molar-refractivity contribution in [3.8, 4) is 44.5 Å². The molecule has 0 N–H and O–H groups in total. The Bertz CT molecular complexity index is 2790. The zero-order chi connectivity index (χ0) is 37.1. The van der Waals surface area contributed by atoms with E-state index < -0.39 is 5.41 Å². The summed E-state index contributed by atoms with van der Waals surface area (Å²) in [6.45, 7) is 8.88. The topological polar surface area (TPSA) is 24.7 Å². The third kappa shape index (κ3) is 5.04. The lowest BCUT2D eigenvalue weighted by Gasteiger charge is -2.31. The molecule has 0 radical (unpaired) electrons. The van der Waals surface area contributed by atoms with Gasteiger partial charge in [0, 0.05) is 22.6 Å². The number of fused-ring (bicyclic) bond motifs is 12. The molecular weight excluding hydrogens is 705 g/mol. The van der Waals surface area contributed by atoms with E-state index in [1.54, 1.807) is 0 Å². The molecule has 0 saturated carbocycles. The van der Waals surface area contributed by atoms with Crippen LogP contribution in [0.1, 0.15) is 61.1 Å². The van der Waals surface area contributed by atoms with Gasteiger partial charge in [-0.25, -0.2) is 0 Å². The Hall–Kier alpha value is -5.16. The number of benzene rings is 7. The molecule has 2 aliphatic heterocycles. The minimum Gasteiger partial charge on any atom is -0.271 e. The summed E-state index contributed by atoms with van der Waals surface area (Å²) in [4.78, 5) is 10.1. The molecule has 0 unspecified atom stereocenters. The molecule has 0 aromatic heterocycles. The zero-order valence-electron chi connectivity index (χ0n) is 31.5. The van der Waals surface area contributed by atoms with Gasteiger partial charge in [-0.1, -0.05) is 121 Å².